The van der Waals surface area contributed by atoms with E-state index >= 15 is 0 Å². The normalized spacial score (nSPS) is 28.1. The molecule has 2 aliphatic rings. The summed E-state index contributed by atoms with van der Waals surface area (Å²) in [5, 5.41) is 13.1. The summed E-state index contributed by atoms with van der Waals surface area (Å²) in [6, 6.07) is 8.44. The summed E-state index contributed by atoms with van der Waals surface area (Å²) in [7, 11) is 0. The van der Waals surface area contributed by atoms with Gasteiger partial charge in [0.2, 0.25) is 0 Å². The van der Waals surface area contributed by atoms with Crippen LogP contribution in [0.5, 0.6) is 0 Å². The molecule has 0 aliphatic carbocycles. The highest BCUT2D eigenvalue weighted by atomic mass is 32.1. The minimum atomic E-state index is -0.241. The third kappa shape index (κ3) is 1.49. The van der Waals surface area contributed by atoms with Gasteiger partial charge in [-0.25, -0.2) is 0 Å². The van der Waals surface area contributed by atoms with Crippen molar-refractivity contribution in [3.8, 4) is 0 Å². The van der Waals surface area contributed by atoms with Gasteiger partial charge in [-0.05, 0) is 18.6 Å². The number of aliphatic hydroxyl groups is 1. The van der Waals surface area contributed by atoms with Crippen LogP contribution in [-0.4, -0.2) is 40.2 Å². The summed E-state index contributed by atoms with van der Waals surface area (Å²) in [6.07, 6.45) is 0.566. The number of nitrogens with one attached hydrogen (secondary N) is 1. The number of fused-ring (bicyclic) bond motifs is 2. The van der Waals surface area contributed by atoms with Gasteiger partial charge in [0.25, 0.3) is 0 Å². The lowest BCUT2D eigenvalue weighted by molar-refractivity contribution is 0.188. The summed E-state index contributed by atoms with van der Waals surface area (Å²) < 4.78 is 0. The molecule has 3 rings (SSSR count). The standard InChI is InChI=1S/C12H14N2OS/c15-9-5-8-6-13-11-4-2-1-3-10(11)12(16)14(8)7-9/h1-4,8-9,13,15H,5-7H2/t8-,9+/m0/s1. The van der Waals surface area contributed by atoms with Crippen molar-refractivity contribution in [3.63, 3.8) is 0 Å². The first kappa shape index (κ1) is 10.1. The Morgan fingerprint density at radius 3 is 3.06 bits per heavy atom. The molecule has 2 atom stereocenters. The van der Waals surface area contributed by atoms with Gasteiger partial charge in [0.05, 0.1) is 6.10 Å². The van der Waals surface area contributed by atoms with Crippen molar-refractivity contribution in [2.24, 2.45) is 0 Å². The van der Waals surface area contributed by atoms with Crippen molar-refractivity contribution < 1.29 is 5.11 Å². The second kappa shape index (κ2) is 3.71. The summed E-state index contributed by atoms with van der Waals surface area (Å²) in [6.45, 7) is 1.52. The molecule has 0 bridgehead atoms. The van der Waals surface area contributed by atoms with Crippen LogP contribution in [0.3, 0.4) is 0 Å². The third-order valence-electron chi connectivity index (χ3n) is 3.34. The van der Waals surface area contributed by atoms with Crippen LogP contribution >= 0.6 is 12.2 Å². The molecule has 0 spiro atoms. The minimum Gasteiger partial charge on any atom is -0.391 e. The van der Waals surface area contributed by atoms with Crippen molar-refractivity contribution >= 4 is 22.9 Å². The Morgan fingerprint density at radius 1 is 1.38 bits per heavy atom. The predicted octanol–water partition coefficient (Wildman–Crippen LogP) is 1.22. The predicted molar refractivity (Wildman–Crippen MR) is 67.7 cm³/mol. The smallest absolute Gasteiger partial charge is 0.111 e. The average Bonchev–Trinajstić information content (AvgIpc) is 2.62. The minimum absolute atomic E-state index is 0.241. The van der Waals surface area contributed by atoms with E-state index in [0.717, 1.165) is 29.2 Å². The van der Waals surface area contributed by atoms with Crippen molar-refractivity contribution in [2.75, 3.05) is 18.4 Å². The van der Waals surface area contributed by atoms with Gasteiger partial charge in [0.1, 0.15) is 4.99 Å². The zero-order valence-electron chi connectivity index (χ0n) is 8.89. The Balaban J connectivity index is 2.00. The van der Waals surface area contributed by atoms with Crippen molar-refractivity contribution in [2.45, 2.75) is 18.6 Å². The monoisotopic (exact) mass is 234 g/mol. The van der Waals surface area contributed by atoms with Crippen LogP contribution in [0.1, 0.15) is 12.0 Å². The molecule has 3 nitrogen and oxygen atoms in total. The van der Waals surface area contributed by atoms with E-state index in [1.165, 1.54) is 0 Å². The zero-order chi connectivity index (χ0) is 11.1. The van der Waals surface area contributed by atoms with Crippen LogP contribution in [0.15, 0.2) is 24.3 Å². The van der Waals surface area contributed by atoms with Crippen LogP contribution in [0.4, 0.5) is 5.69 Å². The number of nitrogens with zero attached hydrogens (tertiary/aromatic N) is 1. The Bertz CT molecular complexity index is 435. The Labute approximate surface area is 100 Å². The lowest BCUT2D eigenvalue weighted by atomic mass is 10.1. The molecule has 16 heavy (non-hydrogen) atoms. The van der Waals surface area contributed by atoms with E-state index < -0.39 is 0 Å². The Kier molecular flexibility index (Phi) is 2.33. The van der Waals surface area contributed by atoms with Gasteiger partial charge in [-0.2, -0.15) is 0 Å². The molecule has 2 heterocycles. The van der Waals surface area contributed by atoms with E-state index in [1.807, 2.05) is 18.2 Å². The Morgan fingerprint density at radius 2 is 2.19 bits per heavy atom. The molecule has 0 unspecified atom stereocenters. The number of benzene rings is 1. The molecule has 4 heteroatoms. The molecule has 1 aromatic carbocycles. The first-order valence-corrected chi connectivity index (χ1v) is 5.98. The second-order valence-corrected chi connectivity index (χ2v) is 4.81. The van der Waals surface area contributed by atoms with Crippen LogP contribution in [0.25, 0.3) is 0 Å². The topological polar surface area (TPSA) is 35.5 Å². The maximum absolute atomic E-state index is 9.69. The van der Waals surface area contributed by atoms with E-state index in [4.69, 9.17) is 12.2 Å². The summed E-state index contributed by atoms with van der Waals surface area (Å²) in [5.74, 6) is 0. The molecule has 0 amide bonds. The van der Waals surface area contributed by atoms with Crippen LogP contribution < -0.4 is 5.32 Å². The van der Waals surface area contributed by atoms with E-state index in [2.05, 4.69) is 16.3 Å². The number of hydrogen-bond acceptors (Lipinski definition) is 3. The molecule has 84 valence electrons. The molecular weight excluding hydrogens is 220 g/mol. The SMILES string of the molecule is O[C@@H]1C[C@H]2CNc3ccccc3C(=S)N2C1. The highest BCUT2D eigenvalue weighted by Crippen LogP contribution is 2.28. The fourth-order valence-corrected chi connectivity index (χ4v) is 2.94. The maximum atomic E-state index is 9.69. The average molecular weight is 234 g/mol. The molecule has 1 fully saturated rings. The Hall–Kier alpha value is -1.13. The number of anilines is 1. The molecule has 2 N–H and O–H groups in total. The number of aliphatic hydroxyl groups excluding tert-OH is 1. The number of rotatable bonds is 0. The lowest BCUT2D eigenvalue weighted by Crippen LogP contribution is -2.36. The molecule has 1 saturated heterocycles. The summed E-state index contributed by atoms with van der Waals surface area (Å²) in [5.41, 5.74) is 2.19. The van der Waals surface area contributed by atoms with Gasteiger partial charge in [-0.1, -0.05) is 24.4 Å². The largest absolute Gasteiger partial charge is 0.391 e. The van der Waals surface area contributed by atoms with Gasteiger partial charge in [-0.15, -0.1) is 0 Å². The lowest BCUT2D eigenvalue weighted by Gasteiger charge is -2.23. The maximum Gasteiger partial charge on any atom is 0.111 e. The van der Waals surface area contributed by atoms with Gasteiger partial charge in [-0.3, -0.25) is 0 Å². The fourth-order valence-electron chi connectivity index (χ4n) is 2.54. The highest BCUT2D eigenvalue weighted by Gasteiger charge is 2.35. The number of hydrogen-bond donors (Lipinski definition) is 2. The van der Waals surface area contributed by atoms with Crippen LogP contribution in [-0.2, 0) is 0 Å². The quantitative estimate of drug-likeness (QED) is 0.662. The number of thiocarbonyl (C=S) groups is 1. The van der Waals surface area contributed by atoms with Crippen molar-refractivity contribution in [1.29, 1.82) is 0 Å². The van der Waals surface area contributed by atoms with Gasteiger partial charge in [0, 0.05) is 30.4 Å². The van der Waals surface area contributed by atoms with Gasteiger partial charge >= 0.3 is 0 Å². The summed E-state index contributed by atoms with van der Waals surface area (Å²) >= 11 is 5.51. The molecule has 0 saturated carbocycles. The first-order valence-electron chi connectivity index (χ1n) is 5.57. The zero-order valence-corrected chi connectivity index (χ0v) is 9.70. The highest BCUT2D eigenvalue weighted by molar-refractivity contribution is 7.80. The fraction of sp³-hybridized carbons (Fsp3) is 0.417. The van der Waals surface area contributed by atoms with Crippen LogP contribution in [0, 0.1) is 0 Å². The van der Waals surface area contributed by atoms with E-state index in [9.17, 15) is 5.11 Å². The van der Waals surface area contributed by atoms with Gasteiger partial charge < -0.3 is 15.3 Å². The van der Waals surface area contributed by atoms with E-state index in [-0.39, 0.29) is 6.10 Å². The van der Waals surface area contributed by atoms with Crippen molar-refractivity contribution in [1.82, 2.24) is 4.90 Å². The molecular formula is C12H14N2OS. The molecule has 1 aromatic rings. The molecule has 0 aromatic heterocycles. The van der Waals surface area contributed by atoms with Crippen molar-refractivity contribution in [3.05, 3.63) is 29.8 Å². The second-order valence-electron chi connectivity index (χ2n) is 4.43. The van der Waals surface area contributed by atoms with E-state index in [1.54, 1.807) is 0 Å². The molecule has 0 radical (unpaired) electrons. The first-order chi connectivity index (χ1) is 7.75. The van der Waals surface area contributed by atoms with E-state index in [0.29, 0.717) is 12.6 Å². The van der Waals surface area contributed by atoms with Gasteiger partial charge in [0.15, 0.2) is 0 Å². The number of para-hydroxylation sites is 1. The summed E-state index contributed by atoms with van der Waals surface area (Å²) in [4.78, 5) is 3.01. The molecule has 2 aliphatic heterocycles. The van der Waals surface area contributed by atoms with Crippen LogP contribution in [0.2, 0.25) is 0 Å². The third-order valence-corrected chi connectivity index (χ3v) is 3.79.